The summed E-state index contributed by atoms with van der Waals surface area (Å²) < 4.78 is 40.7. The van der Waals surface area contributed by atoms with Crippen LogP contribution < -0.4 is 19.1 Å². The molecule has 3 rings (SSSR count). The zero-order valence-corrected chi connectivity index (χ0v) is 19.0. The van der Waals surface area contributed by atoms with E-state index in [2.05, 4.69) is 10.5 Å². The van der Waals surface area contributed by atoms with Crippen LogP contribution in [0.25, 0.3) is 0 Å². The first-order valence-electron chi connectivity index (χ1n) is 10.3. The maximum atomic E-state index is 12.4. The van der Waals surface area contributed by atoms with Gasteiger partial charge in [-0.15, -0.1) is 0 Å². The van der Waals surface area contributed by atoms with Gasteiger partial charge in [-0.05, 0) is 74.0 Å². The molecule has 3 aromatic rings. The van der Waals surface area contributed by atoms with Crippen molar-refractivity contribution >= 4 is 22.2 Å². The molecule has 172 valence electrons. The van der Waals surface area contributed by atoms with Crippen LogP contribution >= 0.6 is 0 Å². The van der Waals surface area contributed by atoms with Crippen LogP contribution in [0.2, 0.25) is 0 Å². The van der Waals surface area contributed by atoms with E-state index in [0.717, 1.165) is 0 Å². The third-order valence-corrected chi connectivity index (χ3v) is 5.56. The quantitative estimate of drug-likeness (QED) is 0.274. The van der Waals surface area contributed by atoms with E-state index in [1.54, 1.807) is 48.5 Å². The van der Waals surface area contributed by atoms with Gasteiger partial charge in [0.2, 0.25) is 0 Å². The Morgan fingerprint density at radius 3 is 2.24 bits per heavy atom. The van der Waals surface area contributed by atoms with Gasteiger partial charge in [-0.1, -0.05) is 18.2 Å². The molecular weight excluding hydrogens is 444 g/mol. The number of rotatable bonds is 10. The minimum absolute atomic E-state index is 0.0696. The largest absolute Gasteiger partial charge is 0.490 e. The molecule has 0 aliphatic heterocycles. The lowest BCUT2D eigenvalue weighted by Gasteiger charge is -2.11. The Bertz CT molecular complexity index is 1210. The standard InChI is InChI=1S/C24H24N2O6S/c1-3-30-22-15-12-19(16-23(22)31-4-2)24(27)26-25-17-18-10-13-20(14-11-18)32-33(28,29)21-8-6-5-7-9-21/h5-17H,3-4H2,1-2H3,(H,26,27)/b25-17+. The highest BCUT2D eigenvalue weighted by Crippen LogP contribution is 2.28. The molecule has 0 atom stereocenters. The fraction of sp³-hybridized carbons (Fsp3) is 0.167. The number of carbonyl (C=O) groups is 1. The molecule has 3 aromatic carbocycles. The number of ether oxygens (including phenoxy) is 2. The molecule has 9 heteroatoms. The summed E-state index contributed by atoms with van der Waals surface area (Å²) in [6.45, 7) is 4.64. The van der Waals surface area contributed by atoms with Crippen molar-refractivity contribution in [2.75, 3.05) is 13.2 Å². The highest BCUT2D eigenvalue weighted by molar-refractivity contribution is 7.87. The fourth-order valence-corrected chi connectivity index (χ4v) is 3.74. The lowest BCUT2D eigenvalue weighted by atomic mass is 10.2. The maximum absolute atomic E-state index is 12.4. The van der Waals surface area contributed by atoms with Crippen LogP contribution in [0.3, 0.4) is 0 Å². The molecule has 33 heavy (non-hydrogen) atoms. The molecule has 0 radical (unpaired) electrons. The summed E-state index contributed by atoms with van der Waals surface area (Å²) >= 11 is 0. The number of carbonyl (C=O) groups excluding carboxylic acids is 1. The maximum Gasteiger partial charge on any atom is 0.339 e. The minimum Gasteiger partial charge on any atom is -0.490 e. The van der Waals surface area contributed by atoms with Crippen molar-refractivity contribution in [3.05, 3.63) is 83.9 Å². The Hall–Kier alpha value is -3.85. The Labute approximate surface area is 192 Å². The summed E-state index contributed by atoms with van der Waals surface area (Å²) in [5, 5.41) is 3.95. The van der Waals surface area contributed by atoms with Gasteiger partial charge in [0.05, 0.1) is 19.4 Å². The number of hydrogen-bond acceptors (Lipinski definition) is 7. The summed E-state index contributed by atoms with van der Waals surface area (Å²) in [5.74, 6) is 0.801. The SMILES string of the molecule is CCOc1ccc(C(=O)N/N=C/c2ccc(OS(=O)(=O)c3ccccc3)cc2)cc1OCC. The Morgan fingerprint density at radius 2 is 1.58 bits per heavy atom. The minimum atomic E-state index is -3.91. The number of amides is 1. The van der Waals surface area contributed by atoms with Gasteiger partial charge in [-0.3, -0.25) is 4.79 Å². The molecule has 0 fully saturated rings. The fourth-order valence-electron chi connectivity index (χ4n) is 2.79. The molecule has 0 unspecified atom stereocenters. The Morgan fingerprint density at radius 1 is 0.909 bits per heavy atom. The van der Waals surface area contributed by atoms with Crippen LogP contribution in [-0.2, 0) is 10.1 Å². The van der Waals surface area contributed by atoms with Gasteiger partial charge in [0.25, 0.3) is 5.91 Å². The van der Waals surface area contributed by atoms with Crippen LogP contribution in [-0.4, -0.2) is 33.8 Å². The molecule has 0 saturated heterocycles. The van der Waals surface area contributed by atoms with E-state index < -0.39 is 16.0 Å². The van der Waals surface area contributed by atoms with Gasteiger partial charge in [0.15, 0.2) is 11.5 Å². The van der Waals surface area contributed by atoms with Crippen molar-refractivity contribution in [1.29, 1.82) is 0 Å². The van der Waals surface area contributed by atoms with Crippen molar-refractivity contribution in [1.82, 2.24) is 5.43 Å². The first-order chi connectivity index (χ1) is 15.9. The highest BCUT2D eigenvalue weighted by Gasteiger charge is 2.15. The number of nitrogens with zero attached hydrogens (tertiary/aromatic N) is 1. The van der Waals surface area contributed by atoms with Crippen LogP contribution in [0.15, 0.2) is 82.8 Å². The average Bonchev–Trinajstić information content (AvgIpc) is 2.82. The Balaban J connectivity index is 1.61. The monoisotopic (exact) mass is 468 g/mol. The predicted molar refractivity (Wildman–Crippen MR) is 125 cm³/mol. The second-order valence-electron chi connectivity index (χ2n) is 6.65. The second kappa shape index (κ2) is 11.1. The molecule has 0 aliphatic rings. The summed E-state index contributed by atoms with van der Waals surface area (Å²) in [5.41, 5.74) is 3.46. The molecule has 0 aliphatic carbocycles. The molecule has 0 bridgehead atoms. The van der Waals surface area contributed by atoms with Gasteiger partial charge in [0, 0.05) is 5.56 Å². The van der Waals surface area contributed by atoms with Crippen molar-refractivity contribution in [2.24, 2.45) is 5.10 Å². The summed E-state index contributed by atoms with van der Waals surface area (Å²) in [6.07, 6.45) is 1.44. The topological polar surface area (TPSA) is 103 Å². The average molecular weight is 469 g/mol. The number of hydrogen-bond donors (Lipinski definition) is 1. The van der Waals surface area contributed by atoms with Gasteiger partial charge >= 0.3 is 10.1 Å². The number of hydrazone groups is 1. The van der Waals surface area contributed by atoms with Gasteiger partial charge < -0.3 is 13.7 Å². The van der Waals surface area contributed by atoms with E-state index in [4.69, 9.17) is 13.7 Å². The second-order valence-corrected chi connectivity index (χ2v) is 8.19. The van der Waals surface area contributed by atoms with Crippen molar-refractivity contribution < 1.29 is 26.9 Å². The van der Waals surface area contributed by atoms with E-state index in [1.807, 2.05) is 13.8 Å². The molecule has 8 nitrogen and oxygen atoms in total. The molecule has 0 spiro atoms. The smallest absolute Gasteiger partial charge is 0.339 e. The van der Waals surface area contributed by atoms with E-state index in [9.17, 15) is 13.2 Å². The van der Waals surface area contributed by atoms with Crippen molar-refractivity contribution in [2.45, 2.75) is 18.7 Å². The van der Waals surface area contributed by atoms with Crippen molar-refractivity contribution in [3.8, 4) is 17.2 Å². The number of benzene rings is 3. The van der Waals surface area contributed by atoms with E-state index >= 15 is 0 Å². The molecule has 0 aromatic heterocycles. The van der Waals surface area contributed by atoms with Gasteiger partial charge in [-0.2, -0.15) is 13.5 Å². The molecule has 0 heterocycles. The van der Waals surface area contributed by atoms with Crippen molar-refractivity contribution in [3.63, 3.8) is 0 Å². The highest BCUT2D eigenvalue weighted by atomic mass is 32.2. The zero-order valence-electron chi connectivity index (χ0n) is 18.2. The van der Waals surface area contributed by atoms with Crippen LogP contribution in [0.1, 0.15) is 29.8 Å². The molecule has 0 saturated carbocycles. The third-order valence-electron chi connectivity index (χ3n) is 4.30. The lowest BCUT2D eigenvalue weighted by Crippen LogP contribution is -2.17. The third kappa shape index (κ3) is 6.56. The Kier molecular flexibility index (Phi) is 8.04. The first-order valence-corrected chi connectivity index (χ1v) is 11.7. The van der Waals surface area contributed by atoms with E-state index in [1.165, 1.54) is 30.5 Å². The molecular formula is C24H24N2O6S. The van der Waals surface area contributed by atoms with Gasteiger partial charge in [-0.25, -0.2) is 5.43 Å². The van der Waals surface area contributed by atoms with E-state index in [0.29, 0.717) is 35.8 Å². The van der Waals surface area contributed by atoms with Crippen LogP contribution in [0.4, 0.5) is 0 Å². The molecule has 1 amide bonds. The predicted octanol–water partition coefficient (Wildman–Crippen LogP) is 4.02. The van der Waals surface area contributed by atoms with Crippen LogP contribution in [0, 0.1) is 0 Å². The first kappa shape index (κ1) is 23.8. The molecule has 1 N–H and O–H groups in total. The summed E-state index contributed by atoms with van der Waals surface area (Å²) in [7, 11) is -3.91. The summed E-state index contributed by atoms with van der Waals surface area (Å²) in [4.78, 5) is 12.5. The zero-order chi connectivity index (χ0) is 23.7. The number of nitrogens with one attached hydrogen (secondary N) is 1. The van der Waals surface area contributed by atoms with Gasteiger partial charge in [0.1, 0.15) is 10.6 Å². The normalized spacial score (nSPS) is 11.2. The van der Waals surface area contributed by atoms with E-state index in [-0.39, 0.29) is 10.6 Å². The summed E-state index contributed by atoms with van der Waals surface area (Å²) in [6, 6.07) is 19.0. The lowest BCUT2D eigenvalue weighted by molar-refractivity contribution is 0.0954. The van der Waals surface area contributed by atoms with Crippen LogP contribution in [0.5, 0.6) is 17.2 Å².